The smallest absolute Gasteiger partial charge is 0.0221 e. The predicted octanol–water partition coefficient (Wildman–Crippen LogP) is 2.48. The number of nitrogens with two attached hydrogens (primary N) is 1. The summed E-state index contributed by atoms with van der Waals surface area (Å²) in [6.45, 7) is 11.4. The van der Waals surface area contributed by atoms with Crippen LogP contribution in [-0.4, -0.2) is 30.1 Å². The molecule has 15 heavy (non-hydrogen) atoms. The molecule has 1 heterocycles. The molecule has 90 valence electrons. The van der Waals surface area contributed by atoms with E-state index in [-0.39, 0.29) is 0 Å². The second-order valence-electron chi connectivity index (χ2n) is 5.43. The Morgan fingerprint density at radius 1 is 1.33 bits per heavy atom. The van der Waals surface area contributed by atoms with Gasteiger partial charge in [0.2, 0.25) is 0 Å². The van der Waals surface area contributed by atoms with Crippen LogP contribution in [0.15, 0.2) is 0 Å². The van der Waals surface area contributed by atoms with Crippen molar-refractivity contribution in [2.75, 3.05) is 13.1 Å². The summed E-state index contributed by atoms with van der Waals surface area (Å²) in [4.78, 5) is 2.66. The topological polar surface area (TPSA) is 29.3 Å². The molecule has 1 saturated heterocycles. The SMILES string of the molecule is CCCC(CN)N1CC(C)CC(C)C1C. The van der Waals surface area contributed by atoms with E-state index in [9.17, 15) is 0 Å². The van der Waals surface area contributed by atoms with Crippen LogP contribution in [0.25, 0.3) is 0 Å². The van der Waals surface area contributed by atoms with Crippen LogP contribution >= 0.6 is 0 Å². The molecule has 0 radical (unpaired) electrons. The van der Waals surface area contributed by atoms with E-state index in [0.717, 1.165) is 18.4 Å². The van der Waals surface area contributed by atoms with Gasteiger partial charge in [0.15, 0.2) is 0 Å². The molecule has 2 N–H and O–H groups in total. The predicted molar refractivity (Wildman–Crippen MR) is 66.9 cm³/mol. The van der Waals surface area contributed by atoms with E-state index >= 15 is 0 Å². The number of hydrogen-bond donors (Lipinski definition) is 1. The van der Waals surface area contributed by atoms with Gasteiger partial charge in [0.25, 0.3) is 0 Å². The Kier molecular flexibility index (Phi) is 5.07. The third-order valence-electron chi connectivity index (χ3n) is 4.01. The van der Waals surface area contributed by atoms with Crippen molar-refractivity contribution in [1.29, 1.82) is 0 Å². The minimum absolute atomic E-state index is 0.607. The molecule has 0 amide bonds. The first kappa shape index (κ1) is 13.0. The quantitative estimate of drug-likeness (QED) is 0.776. The molecule has 1 fully saturated rings. The fourth-order valence-electron chi connectivity index (χ4n) is 2.99. The van der Waals surface area contributed by atoms with Gasteiger partial charge in [-0.25, -0.2) is 0 Å². The molecule has 0 bridgehead atoms. The van der Waals surface area contributed by atoms with Crippen molar-refractivity contribution in [1.82, 2.24) is 4.90 Å². The molecule has 4 unspecified atom stereocenters. The summed E-state index contributed by atoms with van der Waals surface area (Å²) in [6.07, 6.45) is 3.87. The highest BCUT2D eigenvalue weighted by molar-refractivity contribution is 4.86. The van der Waals surface area contributed by atoms with Gasteiger partial charge in [-0.2, -0.15) is 0 Å². The minimum atomic E-state index is 0.607. The third-order valence-corrected chi connectivity index (χ3v) is 4.01. The molecule has 0 aromatic rings. The summed E-state index contributed by atoms with van der Waals surface area (Å²) in [5.41, 5.74) is 5.90. The summed E-state index contributed by atoms with van der Waals surface area (Å²) in [5, 5.41) is 0. The zero-order valence-electron chi connectivity index (χ0n) is 10.9. The van der Waals surface area contributed by atoms with Gasteiger partial charge in [0.05, 0.1) is 0 Å². The zero-order valence-corrected chi connectivity index (χ0v) is 10.9. The van der Waals surface area contributed by atoms with Gasteiger partial charge in [-0.05, 0) is 31.6 Å². The zero-order chi connectivity index (χ0) is 11.4. The average Bonchev–Trinajstić information content (AvgIpc) is 2.20. The largest absolute Gasteiger partial charge is 0.329 e. The second-order valence-corrected chi connectivity index (χ2v) is 5.43. The number of likely N-dealkylation sites (tertiary alicyclic amines) is 1. The van der Waals surface area contributed by atoms with Crippen LogP contribution in [0.2, 0.25) is 0 Å². The first-order chi connectivity index (χ1) is 7.10. The molecular weight excluding hydrogens is 184 g/mol. The first-order valence-corrected chi connectivity index (χ1v) is 6.55. The molecular formula is C13H28N2. The summed E-state index contributed by atoms with van der Waals surface area (Å²) in [6, 6.07) is 1.32. The molecule has 0 aliphatic carbocycles. The Bertz CT molecular complexity index is 181. The first-order valence-electron chi connectivity index (χ1n) is 6.55. The molecule has 1 aliphatic rings. The number of rotatable bonds is 4. The van der Waals surface area contributed by atoms with E-state index in [1.54, 1.807) is 0 Å². The molecule has 0 aromatic heterocycles. The van der Waals surface area contributed by atoms with E-state index in [1.807, 2.05) is 0 Å². The van der Waals surface area contributed by atoms with Crippen LogP contribution < -0.4 is 5.73 Å². The van der Waals surface area contributed by atoms with Crippen molar-refractivity contribution in [3.63, 3.8) is 0 Å². The Labute approximate surface area is 95.2 Å². The Morgan fingerprint density at radius 3 is 2.53 bits per heavy atom. The molecule has 2 heteroatoms. The highest BCUT2D eigenvalue weighted by Crippen LogP contribution is 2.29. The molecule has 2 nitrogen and oxygen atoms in total. The average molecular weight is 212 g/mol. The third kappa shape index (κ3) is 3.18. The fraction of sp³-hybridized carbons (Fsp3) is 1.00. The van der Waals surface area contributed by atoms with Gasteiger partial charge in [-0.1, -0.05) is 27.2 Å². The summed E-state index contributed by atoms with van der Waals surface area (Å²) >= 11 is 0. The summed E-state index contributed by atoms with van der Waals surface area (Å²) in [5.74, 6) is 1.65. The molecule has 4 atom stereocenters. The van der Waals surface area contributed by atoms with Crippen LogP contribution in [0.3, 0.4) is 0 Å². The number of hydrogen-bond acceptors (Lipinski definition) is 2. The maximum atomic E-state index is 5.90. The van der Waals surface area contributed by atoms with Crippen LogP contribution in [0.1, 0.15) is 47.0 Å². The van der Waals surface area contributed by atoms with Crippen molar-refractivity contribution in [2.24, 2.45) is 17.6 Å². The van der Waals surface area contributed by atoms with Crippen molar-refractivity contribution >= 4 is 0 Å². The highest BCUT2D eigenvalue weighted by atomic mass is 15.2. The van der Waals surface area contributed by atoms with Gasteiger partial charge in [-0.3, -0.25) is 4.90 Å². The standard InChI is InChI=1S/C13H28N2/c1-5-6-13(8-14)15-9-10(2)7-11(3)12(15)4/h10-13H,5-9,14H2,1-4H3. The number of piperidine rings is 1. The fourth-order valence-corrected chi connectivity index (χ4v) is 2.99. The molecule has 0 aromatic carbocycles. The Hall–Kier alpha value is -0.0800. The number of nitrogens with zero attached hydrogens (tertiary/aromatic N) is 1. The molecule has 1 aliphatic heterocycles. The van der Waals surface area contributed by atoms with Crippen molar-refractivity contribution < 1.29 is 0 Å². The van der Waals surface area contributed by atoms with Crippen molar-refractivity contribution in [2.45, 2.75) is 59.0 Å². The van der Waals surface area contributed by atoms with E-state index in [2.05, 4.69) is 32.6 Å². The van der Waals surface area contributed by atoms with E-state index in [1.165, 1.54) is 25.8 Å². The lowest BCUT2D eigenvalue weighted by Gasteiger charge is -2.45. The monoisotopic (exact) mass is 212 g/mol. The maximum Gasteiger partial charge on any atom is 0.0221 e. The van der Waals surface area contributed by atoms with E-state index < -0.39 is 0 Å². The minimum Gasteiger partial charge on any atom is -0.329 e. The molecule has 0 spiro atoms. The van der Waals surface area contributed by atoms with Gasteiger partial charge in [0, 0.05) is 25.2 Å². The van der Waals surface area contributed by atoms with Gasteiger partial charge >= 0.3 is 0 Å². The van der Waals surface area contributed by atoms with Gasteiger partial charge < -0.3 is 5.73 Å². The van der Waals surface area contributed by atoms with E-state index in [0.29, 0.717) is 12.1 Å². The van der Waals surface area contributed by atoms with Crippen molar-refractivity contribution in [3.05, 3.63) is 0 Å². The van der Waals surface area contributed by atoms with E-state index in [4.69, 9.17) is 5.73 Å². The lowest BCUT2D eigenvalue weighted by Crippen LogP contribution is -2.53. The summed E-state index contributed by atoms with van der Waals surface area (Å²) < 4.78 is 0. The van der Waals surface area contributed by atoms with Crippen LogP contribution in [0.5, 0.6) is 0 Å². The van der Waals surface area contributed by atoms with Crippen molar-refractivity contribution in [3.8, 4) is 0 Å². The Balaban J connectivity index is 2.63. The van der Waals surface area contributed by atoms with Crippen LogP contribution in [0, 0.1) is 11.8 Å². The highest BCUT2D eigenvalue weighted by Gasteiger charge is 2.32. The normalized spacial score (nSPS) is 35.4. The lowest BCUT2D eigenvalue weighted by atomic mass is 9.84. The van der Waals surface area contributed by atoms with Gasteiger partial charge in [-0.15, -0.1) is 0 Å². The van der Waals surface area contributed by atoms with Gasteiger partial charge in [0.1, 0.15) is 0 Å². The second kappa shape index (κ2) is 5.86. The maximum absolute atomic E-state index is 5.90. The lowest BCUT2D eigenvalue weighted by molar-refractivity contribution is 0.0396. The molecule has 0 saturated carbocycles. The van der Waals surface area contributed by atoms with Crippen LogP contribution in [0.4, 0.5) is 0 Å². The van der Waals surface area contributed by atoms with Crippen LogP contribution in [-0.2, 0) is 0 Å². The summed E-state index contributed by atoms with van der Waals surface area (Å²) in [7, 11) is 0. The Morgan fingerprint density at radius 2 is 2.00 bits per heavy atom. The molecule has 1 rings (SSSR count).